The van der Waals surface area contributed by atoms with E-state index in [1.54, 1.807) is 18.7 Å². The quantitative estimate of drug-likeness (QED) is 0.575. The van der Waals surface area contributed by atoms with E-state index in [1.165, 1.54) is 4.90 Å². The van der Waals surface area contributed by atoms with Gasteiger partial charge in [-0.3, -0.25) is 14.5 Å². The number of carbonyl (C=O) groups is 2. The predicted molar refractivity (Wildman–Crippen MR) is 81.1 cm³/mol. The highest BCUT2D eigenvalue weighted by atomic mass is 32.2. The molecule has 1 N–H and O–H groups in total. The maximum atomic E-state index is 12.2. The number of aliphatic hydroxyl groups excluding tert-OH is 1. The van der Waals surface area contributed by atoms with Crippen molar-refractivity contribution in [1.82, 2.24) is 4.90 Å². The Morgan fingerprint density at radius 1 is 1.43 bits per heavy atom. The van der Waals surface area contributed by atoms with Gasteiger partial charge < -0.3 is 9.84 Å². The van der Waals surface area contributed by atoms with Crippen LogP contribution in [0.15, 0.2) is 10.8 Å². The normalized spacial score (nSPS) is 29.5. The van der Waals surface area contributed by atoms with E-state index in [4.69, 9.17) is 4.74 Å². The molecule has 0 aromatic carbocycles. The average molecular weight is 313 g/mol. The molecule has 0 saturated carbocycles. The van der Waals surface area contributed by atoms with Crippen molar-refractivity contribution in [2.24, 2.45) is 17.8 Å². The molecule has 2 rings (SSSR count). The van der Waals surface area contributed by atoms with Crippen LogP contribution in [0.2, 0.25) is 0 Å². The number of carbonyl (C=O) groups excluding carboxylic acids is 2. The summed E-state index contributed by atoms with van der Waals surface area (Å²) in [6.45, 7) is 8.36. The molecule has 1 fully saturated rings. The number of amides is 1. The van der Waals surface area contributed by atoms with Crippen LogP contribution >= 0.6 is 11.8 Å². The first kappa shape index (κ1) is 16.4. The van der Waals surface area contributed by atoms with Crippen LogP contribution in [0, 0.1) is 17.8 Å². The summed E-state index contributed by atoms with van der Waals surface area (Å²) in [5.41, 5.74) is 0. The summed E-state index contributed by atoms with van der Waals surface area (Å²) >= 11 is 1.65. The minimum absolute atomic E-state index is 0.0889. The first-order valence-electron chi connectivity index (χ1n) is 7.38. The van der Waals surface area contributed by atoms with E-state index in [-0.39, 0.29) is 17.9 Å². The first-order valence-corrected chi connectivity index (χ1v) is 8.37. The van der Waals surface area contributed by atoms with E-state index in [0.29, 0.717) is 18.3 Å². The van der Waals surface area contributed by atoms with E-state index in [2.05, 4.69) is 13.8 Å². The molecular weight excluding hydrogens is 290 g/mol. The second kappa shape index (κ2) is 6.40. The van der Waals surface area contributed by atoms with Gasteiger partial charge >= 0.3 is 0 Å². The molecule has 0 radical (unpaired) electrons. The van der Waals surface area contributed by atoms with Crippen LogP contribution in [0.4, 0.5) is 0 Å². The average Bonchev–Trinajstić information content (AvgIpc) is 2.60. The van der Waals surface area contributed by atoms with Gasteiger partial charge in [0.1, 0.15) is 0 Å². The van der Waals surface area contributed by atoms with Gasteiger partial charge in [-0.15, -0.1) is 11.8 Å². The second-order valence-electron chi connectivity index (χ2n) is 6.17. The summed E-state index contributed by atoms with van der Waals surface area (Å²) in [4.78, 5) is 25.4. The van der Waals surface area contributed by atoms with E-state index < -0.39 is 12.0 Å². The van der Waals surface area contributed by atoms with Gasteiger partial charge in [0.05, 0.1) is 23.0 Å². The van der Waals surface area contributed by atoms with Crippen molar-refractivity contribution in [2.75, 3.05) is 5.75 Å². The van der Waals surface area contributed by atoms with Crippen molar-refractivity contribution in [1.29, 1.82) is 0 Å². The van der Waals surface area contributed by atoms with Crippen LogP contribution in [-0.4, -0.2) is 40.3 Å². The standard InChI is InChI=1S/C15H23NO4S/c1-8(2)5-6-21-13-9(3)12-11(10(4)18)14(19)16(12)15(13)20-7-17/h7-12,18H,5-6H2,1-4H3/t9-,10-,11-,12-/m1/s1. The number of hydrogen-bond acceptors (Lipinski definition) is 5. The third-order valence-electron chi connectivity index (χ3n) is 4.18. The molecular formula is C15H23NO4S. The van der Waals surface area contributed by atoms with Gasteiger partial charge in [-0.05, 0) is 25.0 Å². The van der Waals surface area contributed by atoms with E-state index in [0.717, 1.165) is 17.1 Å². The molecule has 2 heterocycles. The largest absolute Gasteiger partial charge is 0.411 e. The number of aliphatic hydroxyl groups is 1. The Labute approximate surface area is 129 Å². The van der Waals surface area contributed by atoms with Crippen molar-refractivity contribution < 1.29 is 19.4 Å². The van der Waals surface area contributed by atoms with Gasteiger partial charge in [0, 0.05) is 5.92 Å². The molecule has 4 atom stereocenters. The molecule has 0 aromatic heterocycles. The second-order valence-corrected chi connectivity index (χ2v) is 7.31. The zero-order chi connectivity index (χ0) is 15.7. The number of thioether (sulfide) groups is 1. The van der Waals surface area contributed by atoms with Crippen molar-refractivity contribution in [3.63, 3.8) is 0 Å². The molecule has 0 unspecified atom stereocenters. The number of fused-ring (bicyclic) bond motifs is 1. The zero-order valence-corrected chi connectivity index (χ0v) is 13.7. The molecule has 0 aliphatic carbocycles. The Morgan fingerprint density at radius 3 is 2.62 bits per heavy atom. The first-order chi connectivity index (χ1) is 9.90. The van der Waals surface area contributed by atoms with Crippen molar-refractivity contribution >= 4 is 24.1 Å². The Morgan fingerprint density at radius 2 is 2.10 bits per heavy atom. The number of ether oxygens (including phenoxy) is 1. The van der Waals surface area contributed by atoms with Crippen LogP contribution in [-0.2, 0) is 14.3 Å². The summed E-state index contributed by atoms with van der Waals surface area (Å²) in [5.74, 6) is 1.45. The number of nitrogens with zero attached hydrogens (tertiary/aromatic N) is 1. The molecule has 2 aliphatic heterocycles. The van der Waals surface area contributed by atoms with Crippen molar-refractivity contribution in [2.45, 2.75) is 46.3 Å². The molecule has 6 heteroatoms. The molecule has 5 nitrogen and oxygen atoms in total. The highest BCUT2D eigenvalue weighted by molar-refractivity contribution is 8.03. The number of β-lactam (4-membered cyclic amide) rings is 1. The predicted octanol–water partition coefficient (Wildman–Crippen LogP) is 1.97. The monoisotopic (exact) mass is 313 g/mol. The molecule has 2 aliphatic rings. The lowest BCUT2D eigenvalue weighted by atomic mass is 9.79. The third-order valence-corrected chi connectivity index (χ3v) is 5.47. The summed E-state index contributed by atoms with van der Waals surface area (Å²) < 4.78 is 5.08. The van der Waals surface area contributed by atoms with Crippen LogP contribution in [0.1, 0.15) is 34.1 Å². The Kier molecular flexibility index (Phi) is 4.99. The lowest BCUT2D eigenvalue weighted by Gasteiger charge is -2.45. The lowest BCUT2D eigenvalue weighted by Crippen LogP contribution is -2.63. The van der Waals surface area contributed by atoms with Crippen LogP contribution in [0.25, 0.3) is 0 Å². The van der Waals surface area contributed by atoms with Crippen molar-refractivity contribution in [3.8, 4) is 0 Å². The van der Waals surface area contributed by atoms with E-state index in [9.17, 15) is 14.7 Å². The van der Waals surface area contributed by atoms with Crippen molar-refractivity contribution in [3.05, 3.63) is 10.8 Å². The van der Waals surface area contributed by atoms with Gasteiger partial charge in [0.25, 0.3) is 6.47 Å². The summed E-state index contributed by atoms with van der Waals surface area (Å²) in [6.07, 6.45) is 0.381. The molecule has 1 saturated heterocycles. The fourth-order valence-corrected chi connectivity index (χ4v) is 4.50. The fourth-order valence-electron chi connectivity index (χ4n) is 3.02. The van der Waals surface area contributed by atoms with Gasteiger partial charge in [0.2, 0.25) is 11.8 Å². The van der Waals surface area contributed by atoms with Gasteiger partial charge in [-0.25, -0.2) is 0 Å². The van der Waals surface area contributed by atoms with Gasteiger partial charge in [0.15, 0.2) is 0 Å². The number of rotatable bonds is 7. The maximum absolute atomic E-state index is 12.2. The topological polar surface area (TPSA) is 66.8 Å². The fraction of sp³-hybridized carbons (Fsp3) is 0.733. The lowest BCUT2D eigenvalue weighted by molar-refractivity contribution is -0.164. The highest BCUT2D eigenvalue weighted by Gasteiger charge is 2.59. The Balaban J connectivity index is 2.17. The molecule has 0 spiro atoms. The van der Waals surface area contributed by atoms with E-state index >= 15 is 0 Å². The molecule has 0 aromatic rings. The zero-order valence-electron chi connectivity index (χ0n) is 12.9. The molecule has 21 heavy (non-hydrogen) atoms. The Hall–Kier alpha value is -1.01. The molecule has 0 bridgehead atoms. The Bertz CT molecular complexity index is 461. The number of hydrogen-bond donors (Lipinski definition) is 1. The molecule has 1 amide bonds. The minimum Gasteiger partial charge on any atom is -0.411 e. The minimum atomic E-state index is -0.682. The van der Waals surface area contributed by atoms with Crippen LogP contribution < -0.4 is 0 Å². The van der Waals surface area contributed by atoms with Crippen LogP contribution in [0.3, 0.4) is 0 Å². The molecule has 118 valence electrons. The highest BCUT2D eigenvalue weighted by Crippen LogP contribution is 2.50. The summed E-state index contributed by atoms with van der Waals surface area (Å²) in [7, 11) is 0. The van der Waals surface area contributed by atoms with Gasteiger partial charge in [-0.2, -0.15) is 0 Å². The smallest absolute Gasteiger partial charge is 0.299 e. The maximum Gasteiger partial charge on any atom is 0.299 e. The van der Waals surface area contributed by atoms with Crippen LogP contribution in [0.5, 0.6) is 0 Å². The van der Waals surface area contributed by atoms with E-state index in [1.807, 2.05) is 6.92 Å². The SMILES string of the molecule is CC(C)CCSC1=C(OC=O)N2C(=O)[C@H]([C@@H](C)O)[C@H]2[C@H]1C. The van der Waals surface area contributed by atoms with Gasteiger partial charge in [-0.1, -0.05) is 20.8 Å². The summed E-state index contributed by atoms with van der Waals surface area (Å²) in [5, 5.41) is 9.78. The third kappa shape index (κ3) is 2.83. The summed E-state index contributed by atoms with van der Waals surface area (Å²) in [6, 6.07) is -0.0889.